The second-order valence-electron chi connectivity index (χ2n) is 3.37. The van der Waals surface area contributed by atoms with Crippen LogP contribution in [0.5, 0.6) is 0 Å². The number of sulfone groups is 1. The van der Waals surface area contributed by atoms with Crippen molar-refractivity contribution >= 4 is 25.8 Å². The molecular weight excluding hydrogens is 309 g/mol. The highest BCUT2D eigenvalue weighted by Crippen LogP contribution is 2.34. The monoisotopic (exact) mass is 316 g/mol. The van der Waals surface area contributed by atoms with E-state index >= 15 is 0 Å². The average Bonchev–Trinajstić information content (AvgIpc) is 2.04. The molecule has 0 amide bonds. The maximum Gasteiger partial charge on any atom is 0.416 e. The fourth-order valence-electron chi connectivity index (χ4n) is 1.22. The number of hydrogen-bond acceptors (Lipinski definition) is 2. The van der Waals surface area contributed by atoms with Crippen molar-refractivity contribution in [3.05, 3.63) is 33.8 Å². The van der Waals surface area contributed by atoms with Crippen molar-refractivity contribution in [2.45, 2.75) is 11.9 Å². The number of hydrogen-bond donors (Lipinski definition) is 0. The van der Waals surface area contributed by atoms with Gasteiger partial charge in [-0.3, -0.25) is 0 Å². The minimum Gasteiger partial charge on any atom is -0.229 e. The Balaban J connectivity index is 3.29. The molecule has 0 aliphatic rings. The molecule has 0 saturated heterocycles. The Kier molecular flexibility index (Phi) is 3.69. The molecule has 0 radical (unpaired) electrons. The lowest BCUT2D eigenvalue weighted by Crippen LogP contribution is -2.12. The Morgan fingerprint density at radius 2 is 1.88 bits per heavy atom. The molecule has 2 nitrogen and oxygen atoms in total. The van der Waals surface area contributed by atoms with Crippen molar-refractivity contribution < 1.29 is 21.6 Å². The van der Waals surface area contributed by atoms with Crippen LogP contribution in [-0.2, 0) is 21.8 Å². The van der Waals surface area contributed by atoms with Gasteiger partial charge < -0.3 is 0 Å². The van der Waals surface area contributed by atoms with Crippen LogP contribution in [0.15, 0.2) is 22.7 Å². The van der Waals surface area contributed by atoms with E-state index in [2.05, 4.69) is 15.9 Å². The van der Waals surface area contributed by atoms with Gasteiger partial charge in [-0.05, 0) is 17.7 Å². The van der Waals surface area contributed by atoms with Crippen molar-refractivity contribution in [1.82, 2.24) is 0 Å². The zero-order valence-electron chi connectivity index (χ0n) is 8.18. The van der Waals surface area contributed by atoms with Crippen molar-refractivity contribution in [2.24, 2.45) is 0 Å². The average molecular weight is 317 g/mol. The van der Waals surface area contributed by atoms with Crippen molar-refractivity contribution in [2.75, 3.05) is 6.26 Å². The first kappa shape index (κ1) is 13.5. The van der Waals surface area contributed by atoms with E-state index in [1.165, 1.54) is 6.07 Å². The number of rotatable bonds is 2. The van der Waals surface area contributed by atoms with Crippen LogP contribution in [0.2, 0.25) is 0 Å². The summed E-state index contributed by atoms with van der Waals surface area (Å²) in [6, 6.07) is 3.42. The van der Waals surface area contributed by atoms with Gasteiger partial charge in [0.25, 0.3) is 0 Å². The minimum absolute atomic E-state index is 0.238. The summed E-state index contributed by atoms with van der Waals surface area (Å²) in [5.41, 5.74) is -1.16. The van der Waals surface area contributed by atoms with E-state index < -0.39 is 27.3 Å². The number of halogens is 4. The first-order valence-electron chi connectivity index (χ1n) is 4.13. The molecule has 0 heterocycles. The third-order valence-electron chi connectivity index (χ3n) is 1.80. The summed E-state index contributed by atoms with van der Waals surface area (Å²) in [5, 5.41) is 0. The van der Waals surface area contributed by atoms with Gasteiger partial charge in [-0.1, -0.05) is 22.0 Å². The highest BCUT2D eigenvalue weighted by atomic mass is 79.9. The van der Waals surface area contributed by atoms with Crippen LogP contribution < -0.4 is 0 Å². The standard InChI is InChI=1S/C9H8BrF3O2S/c1-16(14,15)5-6-2-3-7(10)4-8(6)9(11,12)13/h2-4H,5H2,1H3. The molecule has 0 atom stereocenters. The molecule has 0 fully saturated rings. The van der Waals surface area contributed by atoms with E-state index in [4.69, 9.17) is 0 Å². The summed E-state index contributed by atoms with van der Waals surface area (Å²) in [5.74, 6) is -0.616. The molecule has 16 heavy (non-hydrogen) atoms. The van der Waals surface area contributed by atoms with Gasteiger partial charge in [0.15, 0.2) is 9.84 Å². The van der Waals surface area contributed by atoms with Crippen molar-refractivity contribution in [1.29, 1.82) is 0 Å². The molecule has 0 N–H and O–H groups in total. The first-order valence-corrected chi connectivity index (χ1v) is 6.98. The predicted octanol–water partition coefficient (Wildman–Crippen LogP) is 3.01. The smallest absolute Gasteiger partial charge is 0.229 e. The fraction of sp³-hybridized carbons (Fsp3) is 0.333. The molecule has 1 aromatic rings. The summed E-state index contributed by atoms with van der Waals surface area (Å²) in [6.45, 7) is 0. The lowest BCUT2D eigenvalue weighted by Gasteiger charge is -2.12. The second-order valence-corrected chi connectivity index (χ2v) is 6.43. The topological polar surface area (TPSA) is 34.1 Å². The molecule has 0 aliphatic heterocycles. The Hall–Kier alpha value is -0.560. The maximum absolute atomic E-state index is 12.6. The van der Waals surface area contributed by atoms with Gasteiger partial charge in [-0.25, -0.2) is 8.42 Å². The second kappa shape index (κ2) is 4.37. The van der Waals surface area contributed by atoms with Crippen LogP contribution in [0.3, 0.4) is 0 Å². The SMILES string of the molecule is CS(=O)(=O)Cc1ccc(Br)cc1C(F)(F)F. The third-order valence-corrected chi connectivity index (χ3v) is 3.12. The van der Waals surface area contributed by atoms with Gasteiger partial charge in [-0.15, -0.1) is 0 Å². The van der Waals surface area contributed by atoms with E-state index in [-0.39, 0.29) is 10.0 Å². The summed E-state index contributed by atoms with van der Waals surface area (Å²) in [4.78, 5) is 0. The minimum atomic E-state index is -4.55. The Bertz CT molecular complexity index is 494. The van der Waals surface area contributed by atoms with E-state index in [1.54, 1.807) is 0 Å². The Morgan fingerprint density at radius 1 is 1.31 bits per heavy atom. The van der Waals surface area contributed by atoms with Gasteiger partial charge in [-0.2, -0.15) is 13.2 Å². The lowest BCUT2D eigenvalue weighted by atomic mass is 10.1. The molecule has 90 valence electrons. The normalized spacial score (nSPS) is 12.8. The van der Waals surface area contributed by atoms with Crippen LogP contribution in [-0.4, -0.2) is 14.7 Å². The first-order chi connectivity index (χ1) is 7.09. The maximum atomic E-state index is 12.6. The molecule has 0 spiro atoms. The molecule has 0 saturated carbocycles. The van der Waals surface area contributed by atoms with E-state index in [0.717, 1.165) is 18.4 Å². The Morgan fingerprint density at radius 3 is 2.31 bits per heavy atom. The van der Waals surface area contributed by atoms with Gasteiger partial charge in [0.1, 0.15) is 0 Å². The molecule has 7 heteroatoms. The van der Waals surface area contributed by atoms with Crippen LogP contribution in [0, 0.1) is 0 Å². The predicted molar refractivity (Wildman–Crippen MR) is 57.7 cm³/mol. The largest absolute Gasteiger partial charge is 0.416 e. The zero-order chi connectivity index (χ0) is 12.6. The van der Waals surface area contributed by atoms with E-state index in [1.807, 2.05) is 0 Å². The molecule has 0 bridgehead atoms. The quantitative estimate of drug-likeness (QED) is 0.840. The number of alkyl halides is 3. The zero-order valence-corrected chi connectivity index (χ0v) is 10.6. The summed E-state index contributed by atoms with van der Waals surface area (Å²) in [6.07, 6.45) is -3.65. The fourth-order valence-corrected chi connectivity index (χ4v) is 2.40. The van der Waals surface area contributed by atoms with Crippen LogP contribution >= 0.6 is 15.9 Å². The lowest BCUT2D eigenvalue weighted by molar-refractivity contribution is -0.138. The highest BCUT2D eigenvalue weighted by Gasteiger charge is 2.34. The summed E-state index contributed by atoms with van der Waals surface area (Å²) in [7, 11) is -3.49. The highest BCUT2D eigenvalue weighted by molar-refractivity contribution is 9.10. The van der Waals surface area contributed by atoms with Crippen molar-refractivity contribution in [3.63, 3.8) is 0 Å². The summed E-state index contributed by atoms with van der Waals surface area (Å²) < 4.78 is 60.0. The molecule has 1 aromatic carbocycles. The van der Waals surface area contributed by atoms with E-state index in [9.17, 15) is 21.6 Å². The third kappa shape index (κ3) is 3.79. The van der Waals surface area contributed by atoms with Crippen LogP contribution in [0.4, 0.5) is 13.2 Å². The molecule has 0 aliphatic carbocycles. The van der Waals surface area contributed by atoms with Gasteiger partial charge in [0, 0.05) is 10.7 Å². The Labute approximate surface area is 99.5 Å². The van der Waals surface area contributed by atoms with Crippen LogP contribution in [0.25, 0.3) is 0 Å². The van der Waals surface area contributed by atoms with Gasteiger partial charge in [0.2, 0.25) is 0 Å². The van der Waals surface area contributed by atoms with Crippen LogP contribution in [0.1, 0.15) is 11.1 Å². The molecule has 0 aromatic heterocycles. The number of benzene rings is 1. The molecule has 0 unspecified atom stereocenters. The molecular formula is C9H8BrF3O2S. The summed E-state index contributed by atoms with van der Waals surface area (Å²) >= 11 is 2.92. The van der Waals surface area contributed by atoms with Crippen molar-refractivity contribution in [3.8, 4) is 0 Å². The van der Waals surface area contributed by atoms with E-state index in [0.29, 0.717) is 0 Å². The van der Waals surface area contributed by atoms with Gasteiger partial charge >= 0.3 is 6.18 Å². The molecule has 1 rings (SSSR count). The van der Waals surface area contributed by atoms with Gasteiger partial charge in [0.05, 0.1) is 11.3 Å².